The van der Waals surface area contributed by atoms with Gasteiger partial charge in [-0.1, -0.05) is 13.8 Å². The molecular formula is C11H19NO3. The number of piperidine rings is 1. The average Bonchev–Trinajstić information content (AvgIpc) is 2.11. The van der Waals surface area contributed by atoms with Crippen molar-refractivity contribution in [2.75, 3.05) is 13.2 Å². The lowest BCUT2D eigenvalue weighted by Gasteiger charge is -2.33. The highest BCUT2D eigenvalue weighted by Gasteiger charge is 2.31. The number of likely N-dealkylation sites (tertiary alicyclic amines) is 1. The van der Waals surface area contributed by atoms with Crippen LogP contribution in [0.3, 0.4) is 0 Å². The standard InChI is InChI=1S/C11H19NO3/c1-11(2,6-7-13)8-12-9(14)4-3-5-10(12)15/h13H,3-8H2,1-2H3. The van der Waals surface area contributed by atoms with Gasteiger partial charge in [0.2, 0.25) is 11.8 Å². The van der Waals surface area contributed by atoms with E-state index >= 15 is 0 Å². The molecule has 2 amide bonds. The minimum Gasteiger partial charge on any atom is -0.396 e. The van der Waals surface area contributed by atoms with Crippen molar-refractivity contribution in [1.82, 2.24) is 4.90 Å². The van der Waals surface area contributed by atoms with E-state index in [2.05, 4.69) is 0 Å². The smallest absolute Gasteiger partial charge is 0.229 e. The van der Waals surface area contributed by atoms with Crippen molar-refractivity contribution in [1.29, 1.82) is 0 Å². The summed E-state index contributed by atoms with van der Waals surface area (Å²) in [5.74, 6) is -0.144. The molecule has 4 nitrogen and oxygen atoms in total. The molecule has 0 aromatic heterocycles. The quantitative estimate of drug-likeness (QED) is 0.707. The van der Waals surface area contributed by atoms with Gasteiger partial charge in [0.25, 0.3) is 0 Å². The van der Waals surface area contributed by atoms with Crippen LogP contribution < -0.4 is 0 Å². The predicted octanol–water partition coefficient (Wildman–Crippen LogP) is 0.934. The second-order valence-electron chi connectivity index (χ2n) is 4.86. The highest BCUT2D eigenvalue weighted by Crippen LogP contribution is 2.24. The van der Waals surface area contributed by atoms with Crippen molar-refractivity contribution in [3.63, 3.8) is 0 Å². The molecule has 1 fully saturated rings. The molecule has 0 radical (unpaired) electrons. The molecule has 1 heterocycles. The summed E-state index contributed by atoms with van der Waals surface area (Å²) >= 11 is 0. The zero-order valence-corrected chi connectivity index (χ0v) is 9.45. The zero-order valence-electron chi connectivity index (χ0n) is 9.45. The third-order valence-electron chi connectivity index (χ3n) is 2.76. The van der Waals surface area contributed by atoms with Gasteiger partial charge in [-0.3, -0.25) is 14.5 Å². The van der Waals surface area contributed by atoms with Gasteiger partial charge < -0.3 is 5.11 Å². The number of hydrogen-bond donors (Lipinski definition) is 1. The number of carbonyl (C=O) groups excluding carboxylic acids is 2. The van der Waals surface area contributed by atoms with Crippen LogP contribution in [0, 0.1) is 5.41 Å². The molecule has 1 N–H and O–H groups in total. The number of rotatable bonds is 4. The molecule has 0 unspecified atom stereocenters. The topological polar surface area (TPSA) is 57.6 Å². The lowest BCUT2D eigenvalue weighted by atomic mass is 9.88. The normalized spacial score (nSPS) is 18.5. The number of aliphatic hydroxyl groups is 1. The Bertz CT molecular complexity index is 245. The second kappa shape index (κ2) is 4.75. The fourth-order valence-electron chi connectivity index (χ4n) is 1.79. The fraction of sp³-hybridized carbons (Fsp3) is 0.818. The van der Waals surface area contributed by atoms with E-state index in [0.29, 0.717) is 32.2 Å². The van der Waals surface area contributed by atoms with Crippen LogP contribution in [0.4, 0.5) is 0 Å². The van der Waals surface area contributed by atoms with E-state index in [-0.39, 0.29) is 23.8 Å². The van der Waals surface area contributed by atoms with Gasteiger partial charge in [-0.2, -0.15) is 0 Å². The maximum absolute atomic E-state index is 11.5. The van der Waals surface area contributed by atoms with Crippen molar-refractivity contribution >= 4 is 11.8 Å². The Morgan fingerprint density at radius 2 is 1.80 bits per heavy atom. The van der Waals surface area contributed by atoms with Gasteiger partial charge >= 0.3 is 0 Å². The van der Waals surface area contributed by atoms with Crippen LogP contribution in [0.1, 0.15) is 39.5 Å². The van der Waals surface area contributed by atoms with Gasteiger partial charge in [-0.25, -0.2) is 0 Å². The number of carbonyl (C=O) groups is 2. The van der Waals surface area contributed by atoms with Crippen molar-refractivity contribution in [2.24, 2.45) is 5.41 Å². The Labute approximate surface area is 90.3 Å². The summed E-state index contributed by atoms with van der Waals surface area (Å²) in [6.45, 7) is 4.42. The van der Waals surface area contributed by atoms with Crippen molar-refractivity contribution < 1.29 is 14.7 Å². The first-order chi connectivity index (χ1) is 6.96. The molecule has 0 aromatic carbocycles. The van der Waals surface area contributed by atoms with Crippen LogP contribution >= 0.6 is 0 Å². The summed E-state index contributed by atoms with van der Waals surface area (Å²) in [5.41, 5.74) is -0.197. The summed E-state index contributed by atoms with van der Waals surface area (Å²) in [7, 11) is 0. The van der Waals surface area contributed by atoms with Crippen LogP contribution in [-0.2, 0) is 9.59 Å². The monoisotopic (exact) mass is 213 g/mol. The van der Waals surface area contributed by atoms with Crippen LogP contribution in [0.15, 0.2) is 0 Å². The first-order valence-electron chi connectivity index (χ1n) is 5.40. The van der Waals surface area contributed by atoms with E-state index in [1.165, 1.54) is 4.90 Å². The fourth-order valence-corrected chi connectivity index (χ4v) is 1.79. The highest BCUT2D eigenvalue weighted by molar-refractivity contribution is 5.97. The third kappa shape index (κ3) is 3.30. The molecule has 0 spiro atoms. The van der Waals surface area contributed by atoms with Gasteiger partial charge in [0.05, 0.1) is 0 Å². The van der Waals surface area contributed by atoms with E-state index < -0.39 is 0 Å². The summed E-state index contributed by atoms with van der Waals surface area (Å²) in [6, 6.07) is 0. The van der Waals surface area contributed by atoms with Gasteiger partial charge in [0, 0.05) is 26.0 Å². The lowest BCUT2D eigenvalue weighted by molar-refractivity contribution is -0.149. The molecule has 1 rings (SSSR count). The number of nitrogens with zero attached hydrogens (tertiary/aromatic N) is 1. The summed E-state index contributed by atoms with van der Waals surface area (Å²) in [6.07, 6.45) is 2.22. The molecule has 0 aliphatic carbocycles. The molecule has 1 aliphatic rings. The van der Waals surface area contributed by atoms with Crippen molar-refractivity contribution in [3.05, 3.63) is 0 Å². The van der Waals surface area contributed by atoms with Crippen molar-refractivity contribution in [3.8, 4) is 0 Å². The predicted molar refractivity (Wildman–Crippen MR) is 56.1 cm³/mol. The molecule has 0 atom stereocenters. The molecule has 1 saturated heterocycles. The van der Waals surface area contributed by atoms with Gasteiger partial charge in [0.15, 0.2) is 0 Å². The Morgan fingerprint density at radius 3 is 2.27 bits per heavy atom. The van der Waals surface area contributed by atoms with Crippen LogP contribution in [0.25, 0.3) is 0 Å². The molecule has 86 valence electrons. The van der Waals surface area contributed by atoms with Crippen LogP contribution in [0.2, 0.25) is 0 Å². The van der Waals surface area contributed by atoms with E-state index in [1.807, 2.05) is 13.8 Å². The minimum atomic E-state index is -0.197. The first kappa shape index (κ1) is 12.2. The number of imide groups is 1. The molecule has 15 heavy (non-hydrogen) atoms. The highest BCUT2D eigenvalue weighted by atomic mass is 16.3. The Hall–Kier alpha value is -0.900. The van der Waals surface area contributed by atoms with E-state index in [0.717, 1.165) is 0 Å². The van der Waals surface area contributed by atoms with Crippen LogP contribution in [0.5, 0.6) is 0 Å². The maximum Gasteiger partial charge on any atom is 0.229 e. The Kier molecular flexibility index (Phi) is 3.85. The molecule has 4 heteroatoms. The lowest BCUT2D eigenvalue weighted by Crippen LogP contribution is -2.45. The Morgan fingerprint density at radius 1 is 1.27 bits per heavy atom. The summed E-state index contributed by atoms with van der Waals surface area (Å²) in [5, 5.41) is 8.87. The van der Waals surface area contributed by atoms with Gasteiger partial charge in [0.1, 0.15) is 0 Å². The average molecular weight is 213 g/mol. The van der Waals surface area contributed by atoms with Gasteiger partial charge in [-0.15, -0.1) is 0 Å². The molecule has 1 aliphatic heterocycles. The van der Waals surface area contributed by atoms with E-state index in [1.54, 1.807) is 0 Å². The van der Waals surface area contributed by atoms with Gasteiger partial charge in [-0.05, 0) is 18.3 Å². The van der Waals surface area contributed by atoms with Crippen LogP contribution in [-0.4, -0.2) is 35.0 Å². The number of hydrogen-bond acceptors (Lipinski definition) is 3. The molecular weight excluding hydrogens is 194 g/mol. The number of amides is 2. The molecule has 0 bridgehead atoms. The first-order valence-corrected chi connectivity index (χ1v) is 5.40. The number of aliphatic hydroxyl groups excluding tert-OH is 1. The Balaban J connectivity index is 2.62. The molecule has 0 saturated carbocycles. The van der Waals surface area contributed by atoms with E-state index in [4.69, 9.17) is 5.11 Å². The summed E-state index contributed by atoms with van der Waals surface area (Å²) < 4.78 is 0. The zero-order chi connectivity index (χ0) is 11.5. The second-order valence-corrected chi connectivity index (χ2v) is 4.86. The minimum absolute atomic E-state index is 0.0720. The SMILES string of the molecule is CC(C)(CCO)CN1C(=O)CCCC1=O. The summed E-state index contributed by atoms with van der Waals surface area (Å²) in [4.78, 5) is 24.4. The maximum atomic E-state index is 11.5. The third-order valence-corrected chi connectivity index (χ3v) is 2.76. The van der Waals surface area contributed by atoms with E-state index in [9.17, 15) is 9.59 Å². The largest absolute Gasteiger partial charge is 0.396 e. The molecule has 0 aromatic rings. The van der Waals surface area contributed by atoms with Crippen molar-refractivity contribution in [2.45, 2.75) is 39.5 Å².